The maximum atomic E-state index is 3.67. The maximum Gasteiger partial charge on any atom is 0.0121 e. The molecule has 0 aromatic carbocycles. The summed E-state index contributed by atoms with van der Waals surface area (Å²) in [7, 11) is 2.18. The largest absolute Gasteiger partial charge is 0.316 e. The molecule has 0 amide bonds. The molecule has 0 spiro atoms. The number of nitrogens with one attached hydrogen (secondary N) is 1. The van der Waals surface area contributed by atoms with E-state index in [2.05, 4.69) is 40.1 Å². The Labute approximate surface area is 115 Å². The molecule has 1 aliphatic rings. The Kier molecular flexibility index (Phi) is 7.29. The first-order valence-corrected chi connectivity index (χ1v) is 8.31. The fourth-order valence-electron chi connectivity index (χ4n) is 3.88. The van der Waals surface area contributed by atoms with E-state index in [1.165, 1.54) is 44.9 Å². The van der Waals surface area contributed by atoms with Gasteiger partial charge in [-0.05, 0) is 50.0 Å². The summed E-state index contributed by atoms with van der Waals surface area (Å²) >= 11 is 0. The van der Waals surface area contributed by atoms with Crippen LogP contribution in [0.4, 0.5) is 0 Å². The Morgan fingerprint density at radius 2 is 1.83 bits per heavy atom. The molecule has 5 unspecified atom stereocenters. The second-order valence-corrected chi connectivity index (χ2v) is 6.65. The summed E-state index contributed by atoms with van der Waals surface area (Å²) in [6, 6.07) is 0.761. The van der Waals surface area contributed by atoms with Crippen molar-refractivity contribution < 1.29 is 0 Å². The molecule has 1 heteroatoms. The van der Waals surface area contributed by atoms with Crippen molar-refractivity contribution in [2.45, 2.75) is 78.7 Å². The zero-order valence-electron chi connectivity index (χ0n) is 13.3. The van der Waals surface area contributed by atoms with Crippen molar-refractivity contribution in [2.75, 3.05) is 7.05 Å². The topological polar surface area (TPSA) is 12.0 Å². The monoisotopic (exact) mass is 253 g/mol. The second-order valence-electron chi connectivity index (χ2n) is 6.65. The molecule has 18 heavy (non-hydrogen) atoms. The summed E-state index contributed by atoms with van der Waals surface area (Å²) in [6.07, 6.45) is 9.81. The minimum atomic E-state index is 0.761. The van der Waals surface area contributed by atoms with E-state index in [1.54, 1.807) is 0 Å². The van der Waals surface area contributed by atoms with Gasteiger partial charge in [-0.3, -0.25) is 0 Å². The van der Waals surface area contributed by atoms with Crippen LogP contribution in [0.25, 0.3) is 0 Å². The molecule has 0 aliphatic heterocycles. The van der Waals surface area contributed by atoms with Crippen LogP contribution in [0.15, 0.2) is 0 Å². The van der Waals surface area contributed by atoms with Crippen LogP contribution in [0, 0.1) is 23.7 Å². The van der Waals surface area contributed by atoms with Crippen molar-refractivity contribution in [2.24, 2.45) is 23.7 Å². The number of unbranched alkanes of at least 4 members (excludes halogenated alkanes) is 1. The first kappa shape index (κ1) is 16.0. The molecule has 5 atom stereocenters. The van der Waals surface area contributed by atoms with E-state index >= 15 is 0 Å². The molecule has 0 saturated heterocycles. The highest BCUT2D eigenvalue weighted by atomic mass is 14.9. The van der Waals surface area contributed by atoms with Gasteiger partial charge < -0.3 is 5.32 Å². The fourth-order valence-corrected chi connectivity index (χ4v) is 3.88. The Hall–Kier alpha value is -0.0400. The van der Waals surface area contributed by atoms with Crippen molar-refractivity contribution >= 4 is 0 Å². The molecule has 1 N–H and O–H groups in total. The van der Waals surface area contributed by atoms with Crippen LogP contribution in [-0.4, -0.2) is 13.1 Å². The molecule has 0 aromatic heterocycles. The lowest BCUT2D eigenvalue weighted by molar-refractivity contribution is 0.138. The molecule has 1 nitrogen and oxygen atoms in total. The minimum absolute atomic E-state index is 0.761. The van der Waals surface area contributed by atoms with Crippen LogP contribution in [0.1, 0.15) is 72.6 Å². The number of hydrogen-bond donors (Lipinski definition) is 1. The smallest absolute Gasteiger partial charge is 0.0121 e. The van der Waals surface area contributed by atoms with Gasteiger partial charge in [0.05, 0.1) is 0 Å². The van der Waals surface area contributed by atoms with Gasteiger partial charge in [-0.1, -0.05) is 53.4 Å². The van der Waals surface area contributed by atoms with Crippen LogP contribution < -0.4 is 5.32 Å². The minimum Gasteiger partial charge on any atom is -0.316 e. The first-order chi connectivity index (χ1) is 8.63. The van der Waals surface area contributed by atoms with E-state index in [-0.39, 0.29) is 0 Å². The Balaban J connectivity index is 2.57. The van der Waals surface area contributed by atoms with E-state index < -0.39 is 0 Å². The van der Waals surface area contributed by atoms with E-state index in [9.17, 15) is 0 Å². The van der Waals surface area contributed by atoms with Gasteiger partial charge in [0.15, 0.2) is 0 Å². The number of rotatable bonds is 7. The normalized spacial score (nSPS) is 32.2. The molecular formula is C17H35N. The van der Waals surface area contributed by atoms with E-state index in [1.807, 2.05) is 0 Å². The SMILES string of the molecule is CCCCC(CC)C(NC)C1CCC(C)C(C)C1. The van der Waals surface area contributed by atoms with Crippen molar-refractivity contribution in [3.8, 4) is 0 Å². The highest BCUT2D eigenvalue weighted by Crippen LogP contribution is 2.38. The van der Waals surface area contributed by atoms with Crippen molar-refractivity contribution in [1.82, 2.24) is 5.32 Å². The maximum absolute atomic E-state index is 3.67. The van der Waals surface area contributed by atoms with Gasteiger partial charge in [-0.25, -0.2) is 0 Å². The summed E-state index contributed by atoms with van der Waals surface area (Å²) in [5.41, 5.74) is 0. The Bertz CT molecular complexity index is 214. The van der Waals surface area contributed by atoms with Gasteiger partial charge in [-0.2, -0.15) is 0 Å². The van der Waals surface area contributed by atoms with E-state index in [0.717, 1.165) is 29.7 Å². The highest BCUT2D eigenvalue weighted by Gasteiger charge is 2.32. The predicted octanol–water partition coefficient (Wildman–Crippen LogP) is 4.86. The molecule has 0 radical (unpaired) electrons. The lowest BCUT2D eigenvalue weighted by Gasteiger charge is -2.40. The molecule has 1 aliphatic carbocycles. The molecule has 0 aromatic rings. The quantitative estimate of drug-likeness (QED) is 0.683. The lowest BCUT2D eigenvalue weighted by atomic mass is 9.70. The second kappa shape index (κ2) is 8.19. The molecule has 1 rings (SSSR count). The van der Waals surface area contributed by atoms with Crippen LogP contribution >= 0.6 is 0 Å². The Morgan fingerprint density at radius 1 is 1.11 bits per heavy atom. The first-order valence-electron chi connectivity index (χ1n) is 8.31. The van der Waals surface area contributed by atoms with Crippen LogP contribution in [0.5, 0.6) is 0 Å². The molecular weight excluding hydrogens is 218 g/mol. The van der Waals surface area contributed by atoms with Crippen LogP contribution in [-0.2, 0) is 0 Å². The van der Waals surface area contributed by atoms with E-state index in [4.69, 9.17) is 0 Å². The van der Waals surface area contributed by atoms with Crippen LogP contribution in [0.3, 0.4) is 0 Å². The number of hydrogen-bond acceptors (Lipinski definition) is 1. The third kappa shape index (κ3) is 4.26. The zero-order chi connectivity index (χ0) is 13.5. The predicted molar refractivity (Wildman–Crippen MR) is 81.8 cm³/mol. The average molecular weight is 253 g/mol. The third-order valence-corrected chi connectivity index (χ3v) is 5.44. The summed E-state index contributed by atoms with van der Waals surface area (Å²) < 4.78 is 0. The van der Waals surface area contributed by atoms with Gasteiger partial charge in [0.1, 0.15) is 0 Å². The van der Waals surface area contributed by atoms with Gasteiger partial charge in [0.25, 0.3) is 0 Å². The fraction of sp³-hybridized carbons (Fsp3) is 1.00. The van der Waals surface area contributed by atoms with Crippen molar-refractivity contribution in [1.29, 1.82) is 0 Å². The molecule has 0 heterocycles. The standard InChI is InChI=1S/C17H35N/c1-6-8-9-15(7-2)17(18-5)16-11-10-13(3)14(4)12-16/h13-18H,6-12H2,1-5H3. The Morgan fingerprint density at radius 3 is 2.33 bits per heavy atom. The average Bonchev–Trinajstić information content (AvgIpc) is 2.38. The van der Waals surface area contributed by atoms with Gasteiger partial charge in [0, 0.05) is 6.04 Å². The zero-order valence-corrected chi connectivity index (χ0v) is 13.3. The highest BCUT2D eigenvalue weighted by molar-refractivity contribution is 4.86. The summed E-state index contributed by atoms with van der Waals surface area (Å²) in [4.78, 5) is 0. The van der Waals surface area contributed by atoms with E-state index in [0.29, 0.717) is 0 Å². The summed E-state index contributed by atoms with van der Waals surface area (Å²) in [5, 5.41) is 3.67. The summed E-state index contributed by atoms with van der Waals surface area (Å²) in [5.74, 6) is 3.67. The van der Waals surface area contributed by atoms with Gasteiger partial charge in [-0.15, -0.1) is 0 Å². The van der Waals surface area contributed by atoms with Crippen LogP contribution in [0.2, 0.25) is 0 Å². The van der Waals surface area contributed by atoms with Gasteiger partial charge in [0.2, 0.25) is 0 Å². The molecule has 0 bridgehead atoms. The van der Waals surface area contributed by atoms with Gasteiger partial charge >= 0.3 is 0 Å². The molecule has 108 valence electrons. The molecule has 1 saturated carbocycles. The van der Waals surface area contributed by atoms with Crippen molar-refractivity contribution in [3.05, 3.63) is 0 Å². The molecule has 1 fully saturated rings. The third-order valence-electron chi connectivity index (χ3n) is 5.44. The van der Waals surface area contributed by atoms with Crippen molar-refractivity contribution in [3.63, 3.8) is 0 Å². The summed E-state index contributed by atoms with van der Waals surface area (Å²) in [6.45, 7) is 9.57. The lowest BCUT2D eigenvalue weighted by Crippen LogP contribution is -2.43.